The van der Waals surface area contributed by atoms with Crippen molar-refractivity contribution in [1.82, 2.24) is 9.55 Å². The van der Waals surface area contributed by atoms with Gasteiger partial charge in [0.1, 0.15) is 11.6 Å². The maximum absolute atomic E-state index is 13.3. The van der Waals surface area contributed by atoms with E-state index >= 15 is 0 Å². The molecule has 2 aromatic carbocycles. The van der Waals surface area contributed by atoms with Crippen molar-refractivity contribution in [2.24, 2.45) is 0 Å². The van der Waals surface area contributed by atoms with Crippen LogP contribution < -0.4 is 32.1 Å². The Morgan fingerprint density at radius 3 is 2.50 bits per heavy atom. The Labute approximate surface area is 194 Å². The second-order valence-electron chi connectivity index (χ2n) is 7.89. The number of hydrogen-bond donors (Lipinski definition) is 4. The maximum Gasteiger partial charge on any atom is 0.330 e. The molecule has 0 fully saturated rings. The van der Waals surface area contributed by atoms with Crippen LogP contribution in [0.25, 0.3) is 0 Å². The molecule has 3 aromatic rings. The van der Waals surface area contributed by atoms with Crippen LogP contribution in [-0.2, 0) is 16.1 Å². The third-order valence-corrected chi connectivity index (χ3v) is 5.13. The number of amides is 2. The first-order valence-corrected chi connectivity index (χ1v) is 10.5. The van der Waals surface area contributed by atoms with E-state index in [4.69, 9.17) is 5.73 Å². The Morgan fingerprint density at radius 1 is 1.12 bits per heavy atom. The summed E-state index contributed by atoms with van der Waals surface area (Å²) in [6.45, 7) is -0.0953. The van der Waals surface area contributed by atoms with Gasteiger partial charge in [-0.25, -0.2) is 9.18 Å². The maximum atomic E-state index is 13.3. The summed E-state index contributed by atoms with van der Waals surface area (Å²) in [7, 11) is 3.00. The molecule has 5 N–H and O–H groups in total. The molecule has 0 saturated carbocycles. The molecule has 11 heteroatoms. The Balaban J connectivity index is 1.70. The summed E-state index contributed by atoms with van der Waals surface area (Å²) < 4.78 is 14.5. The minimum Gasteiger partial charge on any atom is -0.383 e. The van der Waals surface area contributed by atoms with Gasteiger partial charge in [0.2, 0.25) is 0 Å². The van der Waals surface area contributed by atoms with Gasteiger partial charge in [0.15, 0.2) is 18.8 Å². The van der Waals surface area contributed by atoms with Crippen LogP contribution in [-0.4, -0.2) is 48.6 Å². The van der Waals surface area contributed by atoms with Crippen molar-refractivity contribution in [2.75, 3.05) is 43.1 Å². The van der Waals surface area contributed by atoms with Crippen LogP contribution in [0.1, 0.15) is 5.56 Å². The topological polar surface area (TPSA) is 135 Å². The Bertz CT molecular complexity index is 1300. The molecule has 0 aliphatic rings. The van der Waals surface area contributed by atoms with Crippen molar-refractivity contribution in [2.45, 2.75) is 6.54 Å². The van der Waals surface area contributed by atoms with E-state index in [0.717, 1.165) is 10.5 Å². The van der Waals surface area contributed by atoms with Gasteiger partial charge in [0.25, 0.3) is 17.4 Å². The van der Waals surface area contributed by atoms with Crippen molar-refractivity contribution in [3.63, 3.8) is 0 Å². The van der Waals surface area contributed by atoms with E-state index in [9.17, 15) is 23.6 Å². The molecule has 1 unspecified atom stereocenters. The number of H-pyrrole nitrogens is 1. The highest BCUT2D eigenvalue weighted by atomic mass is 19.1. The molecule has 0 aliphatic heterocycles. The molecule has 178 valence electrons. The molecule has 3 rings (SSSR count). The van der Waals surface area contributed by atoms with Crippen molar-refractivity contribution in [3.8, 4) is 0 Å². The van der Waals surface area contributed by atoms with E-state index in [0.29, 0.717) is 10.6 Å². The van der Waals surface area contributed by atoms with Gasteiger partial charge < -0.3 is 20.9 Å². The van der Waals surface area contributed by atoms with E-state index in [1.165, 1.54) is 29.8 Å². The fourth-order valence-electron chi connectivity index (χ4n) is 3.43. The standard InChI is InChI=1S/C23H25FN6O4/c1-28(13-18(31)26-17-10-6-9-16(24)11-17)14-19(32)29(2)20-21(25)30(23(34)27-22(20)33)12-15-7-4-3-5-8-15/h3-11H,12-14,25H2,1-2H3,(H,26,31)(H,27,33,34)/p+1. The predicted molar refractivity (Wildman–Crippen MR) is 126 cm³/mol. The number of anilines is 3. The molecule has 0 saturated heterocycles. The number of halogens is 1. The van der Waals surface area contributed by atoms with Gasteiger partial charge in [-0.1, -0.05) is 36.4 Å². The minimum absolute atomic E-state index is 0.0740. The number of aromatic amines is 1. The summed E-state index contributed by atoms with van der Waals surface area (Å²) in [6.07, 6.45) is 0. The number of hydrogen-bond acceptors (Lipinski definition) is 5. The molecule has 1 aromatic heterocycles. The second kappa shape index (κ2) is 10.6. The molecule has 2 amide bonds. The Hall–Kier alpha value is -4.25. The van der Waals surface area contributed by atoms with Crippen LogP contribution in [0.3, 0.4) is 0 Å². The monoisotopic (exact) mass is 469 g/mol. The van der Waals surface area contributed by atoms with E-state index in [1.807, 2.05) is 18.2 Å². The summed E-state index contributed by atoms with van der Waals surface area (Å²) in [4.78, 5) is 53.6. The first-order chi connectivity index (χ1) is 16.2. The van der Waals surface area contributed by atoms with Gasteiger partial charge in [0.05, 0.1) is 13.6 Å². The normalized spacial score (nSPS) is 11.6. The Morgan fingerprint density at radius 2 is 1.82 bits per heavy atom. The molecular weight excluding hydrogens is 443 g/mol. The third-order valence-electron chi connectivity index (χ3n) is 5.13. The first kappa shape index (κ1) is 24.4. The number of rotatable bonds is 8. The highest BCUT2D eigenvalue weighted by molar-refractivity contribution is 5.96. The van der Waals surface area contributed by atoms with Gasteiger partial charge in [0, 0.05) is 12.7 Å². The van der Waals surface area contributed by atoms with Crippen LogP contribution in [0.4, 0.5) is 21.6 Å². The quantitative estimate of drug-likeness (QED) is 0.350. The molecule has 0 bridgehead atoms. The molecular formula is C23H26FN6O4+. The number of nitrogens with one attached hydrogen (secondary N) is 3. The lowest BCUT2D eigenvalue weighted by atomic mass is 10.2. The summed E-state index contributed by atoms with van der Waals surface area (Å²) in [5.74, 6) is -1.52. The van der Waals surface area contributed by atoms with E-state index < -0.39 is 28.9 Å². The summed E-state index contributed by atoms with van der Waals surface area (Å²) in [5, 5.41) is 2.57. The lowest BCUT2D eigenvalue weighted by molar-refractivity contribution is -0.862. The number of nitrogens with two attached hydrogens (primary N) is 1. The number of nitrogen functional groups attached to an aromatic ring is 1. The number of aromatic nitrogens is 2. The molecule has 34 heavy (non-hydrogen) atoms. The van der Waals surface area contributed by atoms with Crippen molar-refractivity contribution in [3.05, 3.63) is 86.8 Å². The summed E-state index contributed by atoms with van der Waals surface area (Å²) >= 11 is 0. The van der Waals surface area contributed by atoms with Crippen molar-refractivity contribution >= 4 is 29.0 Å². The summed E-state index contributed by atoms with van der Waals surface area (Å²) in [5.41, 5.74) is 5.59. The third kappa shape index (κ3) is 5.95. The lowest BCUT2D eigenvalue weighted by Gasteiger charge is -2.22. The number of carbonyl (C=O) groups excluding carboxylic acids is 2. The van der Waals surface area contributed by atoms with Gasteiger partial charge in [-0.05, 0) is 23.8 Å². The Kier molecular flexibility index (Phi) is 7.59. The molecule has 1 atom stereocenters. The SMILES string of the molecule is CN(C(=O)C[NH+](C)CC(=O)Nc1cccc(F)c1)c1c(N)n(Cc2ccccc2)c(=O)[nH]c1=O. The smallest absolute Gasteiger partial charge is 0.330 e. The summed E-state index contributed by atoms with van der Waals surface area (Å²) in [6, 6.07) is 14.5. The van der Waals surface area contributed by atoms with Gasteiger partial charge in [-0.15, -0.1) is 0 Å². The second-order valence-corrected chi connectivity index (χ2v) is 7.89. The van der Waals surface area contributed by atoms with Crippen LogP contribution in [0.15, 0.2) is 64.2 Å². The van der Waals surface area contributed by atoms with E-state index in [2.05, 4.69) is 10.3 Å². The minimum atomic E-state index is -0.788. The van der Waals surface area contributed by atoms with Crippen LogP contribution in [0, 0.1) is 5.82 Å². The van der Waals surface area contributed by atoms with E-state index in [1.54, 1.807) is 25.2 Å². The van der Waals surface area contributed by atoms with Crippen LogP contribution >= 0.6 is 0 Å². The van der Waals surface area contributed by atoms with Gasteiger partial charge >= 0.3 is 5.69 Å². The van der Waals surface area contributed by atoms with Crippen molar-refractivity contribution in [1.29, 1.82) is 0 Å². The largest absolute Gasteiger partial charge is 0.383 e. The molecule has 1 heterocycles. The first-order valence-electron chi connectivity index (χ1n) is 10.5. The van der Waals surface area contributed by atoms with Crippen LogP contribution in [0.5, 0.6) is 0 Å². The van der Waals surface area contributed by atoms with E-state index in [-0.39, 0.29) is 31.1 Å². The fraction of sp³-hybridized carbons (Fsp3) is 0.217. The number of nitrogens with zero attached hydrogens (tertiary/aromatic N) is 2. The van der Waals surface area contributed by atoms with Crippen molar-refractivity contribution < 1.29 is 18.9 Å². The zero-order valence-corrected chi connectivity index (χ0v) is 18.8. The number of benzene rings is 2. The number of quaternary nitrogens is 1. The zero-order chi connectivity index (χ0) is 24.8. The zero-order valence-electron chi connectivity index (χ0n) is 18.8. The highest BCUT2D eigenvalue weighted by Gasteiger charge is 2.24. The van der Waals surface area contributed by atoms with Crippen LogP contribution in [0.2, 0.25) is 0 Å². The average molecular weight is 469 g/mol. The van der Waals surface area contributed by atoms with Gasteiger partial charge in [-0.3, -0.25) is 23.9 Å². The number of carbonyl (C=O) groups is 2. The predicted octanol–water partition coefficient (Wildman–Crippen LogP) is -0.578. The highest BCUT2D eigenvalue weighted by Crippen LogP contribution is 2.16. The average Bonchev–Trinajstić information content (AvgIpc) is 2.76. The molecule has 0 radical (unpaired) electrons. The molecule has 0 aliphatic carbocycles. The molecule has 0 spiro atoms. The molecule has 10 nitrogen and oxygen atoms in total. The lowest BCUT2D eigenvalue weighted by Crippen LogP contribution is -3.11. The number of likely N-dealkylation sites (N-methyl/N-ethyl adjacent to an activating group) is 2. The fourth-order valence-corrected chi connectivity index (χ4v) is 3.43. The van der Waals surface area contributed by atoms with Gasteiger partial charge in [-0.2, -0.15) is 0 Å².